The number of ether oxygens (including phenoxy) is 1. The first-order chi connectivity index (χ1) is 10.7. The normalized spacial score (nSPS) is 15.4. The molecule has 1 N–H and O–H groups in total. The van der Waals surface area contributed by atoms with Gasteiger partial charge < -0.3 is 9.84 Å². The Hall–Kier alpha value is -1.72. The van der Waals surface area contributed by atoms with Gasteiger partial charge in [0.25, 0.3) is 0 Å². The van der Waals surface area contributed by atoms with Crippen molar-refractivity contribution < 1.29 is 14.6 Å². The number of hydrogen-bond acceptors (Lipinski definition) is 5. The van der Waals surface area contributed by atoms with E-state index in [1.807, 2.05) is 31.4 Å². The van der Waals surface area contributed by atoms with E-state index in [-0.39, 0.29) is 12.1 Å². The zero-order valence-corrected chi connectivity index (χ0v) is 14.1. The molecule has 5 heteroatoms. The van der Waals surface area contributed by atoms with Crippen LogP contribution < -0.4 is 0 Å². The summed E-state index contributed by atoms with van der Waals surface area (Å²) in [7, 11) is 1.37. The highest BCUT2D eigenvalue weighted by Gasteiger charge is 2.19. The van der Waals surface area contributed by atoms with Crippen LogP contribution in [0.1, 0.15) is 54.3 Å². The van der Waals surface area contributed by atoms with Crippen molar-refractivity contribution in [2.75, 3.05) is 7.11 Å². The van der Waals surface area contributed by atoms with Crippen LogP contribution in [-0.2, 0) is 11.2 Å². The molecular formula is C17H23NO3S. The summed E-state index contributed by atoms with van der Waals surface area (Å²) in [5.74, 6) is -0.321. The summed E-state index contributed by atoms with van der Waals surface area (Å²) >= 11 is 1.60. The number of methoxy groups -OCH3 is 1. The number of nitrogens with zero attached hydrogens (tertiary/aromatic N) is 1. The summed E-state index contributed by atoms with van der Waals surface area (Å²) in [6, 6.07) is 5.36. The number of carbonyl (C=O) groups excluding carboxylic acids is 1. The molecule has 3 rings (SSSR count). The number of thiazole rings is 1. The SMILES string of the molecule is CC.COC(=O)c1ccc2c(c1)CCCC2O.c1cscn1. The van der Waals surface area contributed by atoms with Gasteiger partial charge >= 0.3 is 5.97 Å². The Morgan fingerprint density at radius 2 is 2.18 bits per heavy atom. The molecule has 22 heavy (non-hydrogen) atoms. The van der Waals surface area contributed by atoms with Crippen LogP contribution in [0, 0.1) is 0 Å². The number of hydrogen-bond donors (Lipinski definition) is 1. The van der Waals surface area contributed by atoms with E-state index < -0.39 is 0 Å². The van der Waals surface area contributed by atoms with E-state index in [1.54, 1.807) is 29.1 Å². The summed E-state index contributed by atoms with van der Waals surface area (Å²) in [6.45, 7) is 4.00. The Balaban J connectivity index is 0.000000289. The largest absolute Gasteiger partial charge is 0.465 e. The molecule has 4 nitrogen and oxygen atoms in total. The minimum atomic E-state index is -0.375. The van der Waals surface area contributed by atoms with Crippen LogP contribution in [0.3, 0.4) is 0 Å². The number of aryl methyl sites for hydroxylation is 1. The Kier molecular flexibility index (Phi) is 8.40. The fourth-order valence-corrected chi connectivity index (χ4v) is 2.56. The fraction of sp³-hybridized carbons (Fsp3) is 0.412. The molecule has 1 heterocycles. The molecule has 0 fully saturated rings. The van der Waals surface area contributed by atoms with Crippen molar-refractivity contribution in [3.8, 4) is 0 Å². The average molecular weight is 321 g/mol. The predicted molar refractivity (Wildman–Crippen MR) is 89.1 cm³/mol. The molecule has 1 aromatic carbocycles. The van der Waals surface area contributed by atoms with Crippen LogP contribution in [0.2, 0.25) is 0 Å². The molecule has 2 aromatic rings. The van der Waals surface area contributed by atoms with Gasteiger partial charge in [-0.1, -0.05) is 19.9 Å². The summed E-state index contributed by atoms with van der Waals surface area (Å²) in [4.78, 5) is 15.0. The van der Waals surface area contributed by atoms with E-state index in [1.165, 1.54) is 7.11 Å². The number of rotatable bonds is 1. The zero-order valence-electron chi connectivity index (χ0n) is 13.3. The van der Waals surface area contributed by atoms with Gasteiger partial charge in [-0.15, -0.1) is 11.3 Å². The predicted octanol–water partition coefficient (Wildman–Crippen LogP) is 4.01. The average Bonchev–Trinajstić information content (AvgIpc) is 3.16. The highest BCUT2D eigenvalue weighted by atomic mass is 32.1. The third-order valence-electron chi connectivity index (χ3n) is 3.19. The first-order valence-corrected chi connectivity index (χ1v) is 8.38. The van der Waals surface area contributed by atoms with Gasteiger partial charge in [-0.05, 0) is 42.5 Å². The number of fused-ring (bicyclic) bond motifs is 1. The van der Waals surface area contributed by atoms with Gasteiger partial charge in [0, 0.05) is 11.6 Å². The first kappa shape index (κ1) is 18.3. The van der Waals surface area contributed by atoms with Crippen molar-refractivity contribution in [2.24, 2.45) is 0 Å². The maximum absolute atomic E-state index is 11.3. The molecular weight excluding hydrogens is 298 g/mol. The molecule has 0 saturated carbocycles. The molecule has 1 aliphatic carbocycles. The van der Waals surface area contributed by atoms with E-state index in [0.717, 1.165) is 30.4 Å². The van der Waals surface area contributed by atoms with Gasteiger partial charge in [-0.2, -0.15) is 0 Å². The smallest absolute Gasteiger partial charge is 0.337 e. The molecule has 0 bridgehead atoms. The molecule has 120 valence electrons. The monoisotopic (exact) mass is 321 g/mol. The van der Waals surface area contributed by atoms with Gasteiger partial charge in [0.15, 0.2) is 0 Å². The summed E-state index contributed by atoms with van der Waals surface area (Å²) in [5, 5.41) is 11.7. The molecule has 0 radical (unpaired) electrons. The molecule has 0 spiro atoms. The van der Waals surface area contributed by atoms with Gasteiger partial charge in [0.1, 0.15) is 0 Å². The van der Waals surface area contributed by atoms with Crippen molar-refractivity contribution in [2.45, 2.75) is 39.2 Å². The first-order valence-electron chi connectivity index (χ1n) is 7.43. The van der Waals surface area contributed by atoms with E-state index >= 15 is 0 Å². The van der Waals surface area contributed by atoms with E-state index in [2.05, 4.69) is 9.72 Å². The Labute approximate surface area is 135 Å². The van der Waals surface area contributed by atoms with Crippen LogP contribution in [0.4, 0.5) is 0 Å². The van der Waals surface area contributed by atoms with Gasteiger partial charge in [-0.25, -0.2) is 4.79 Å². The Morgan fingerprint density at radius 3 is 2.73 bits per heavy atom. The van der Waals surface area contributed by atoms with Crippen molar-refractivity contribution >= 4 is 17.3 Å². The van der Waals surface area contributed by atoms with Crippen LogP contribution in [0.25, 0.3) is 0 Å². The Bertz CT molecular complexity index is 538. The molecule has 0 amide bonds. The molecule has 1 atom stereocenters. The van der Waals surface area contributed by atoms with Crippen LogP contribution >= 0.6 is 11.3 Å². The number of benzene rings is 1. The van der Waals surface area contributed by atoms with Gasteiger partial charge in [0.05, 0.1) is 24.3 Å². The van der Waals surface area contributed by atoms with E-state index in [4.69, 9.17) is 0 Å². The quantitative estimate of drug-likeness (QED) is 0.806. The third kappa shape index (κ3) is 5.24. The lowest BCUT2D eigenvalue weighted by molar-refractivity contribution is 0.0600. The fourth-order valence-electron chi connectivity index (χ4n) is 2.21. The van der Waals surface area contributed by atoms with Crippen LogP contribution in [0.5, 0.6) is 0 Å². The van der Waals surface area contributed by atoms with Crippen LogP contribution in [0.15, 0.2) is 35.3 Å². The highest BCUT2D eigenvalue weighted by molar-refractivity contribution is 7.07. The van der Waals surface area contributed by atoms with Crippen molar-refractivity contribution in [1.29, 1.82) is 0 Å². The van der Waals surface area contributed by atoms with Crippen molar-refractivity contribution in [3.05, 3.63) is 52.0 Å². The second-order valence-electron chi connectivity index (χ2n) is 4.49. The second-order valence-corrected chi connectivity index (χ2v) is 5.24. The molecule has 1 unspecified atom stereocenters. The number of esters is 1. The molecule has 1 aromatic heterocycles. The number of aliphatic hydroxyl groups is 1. The number of aromatic nitrogens is 1. The topological polar surface area (TPSA) is 59.4 Å². The third-order valence-corrected chi connectivity index (χ3v) is 3.72. The number of carbonyl (C=O) groups is 1. The maximum atomic E-state index is 11.3. The van der Waals surface area contributed by atoms with Gasteiger partial charge in [-0.3, -0.25) is 4.98 Å². The molecule has 0 aliphatic heterocycles. The minimum Gasteiger partial charge on any atom is -0.465 e. The molecule has 0 saturated heterocycles. The van der Waals surface area contributed by atoms with Gasteiger partial charge in [0.2, 0.25) is 0 Å². The molecule has 1 aliphatic rings. The Morgan fingerprint density at radius 1 is 1.41 bits per heavy atom. The van der Waals surface area contributed by atoms with Crippen LogP contribution in [-0.4, -0.2) is 23.2 Å². The lowest BCUT2D eigenvalue weighted by Crippen LogP contribution is -2.11. The van der Waals surface area contributed by atoms with Crippen molar-refractivity contribution in [1.82, 2.24) is 4.98 Å². The number of aliphatic hydroxyl groups excluding tert-OH is 1. The van der Waals surface area contributed by atoms with E-state index in [9.17, 15) is 9.90 Å². The lowest BCUT2D eigenvalue weighted by Gasteiger charge is -2.21. The zero-order chi connectivity index (χ0) is 16.4. The summed E-state index contributed by atoms with van der Waals surface area (Å²) in [5.41, 5.74) is 4.37. The standard InChI is InChI=1S/C12H14O3.C3H3NS.C2H6/c1-15-12(14)9-5-6-10-8(7-9)3-2-4-11(10)13;1-2-5-3-4-1;1-2/h5-7,11,13H,2-4H2,1H3;1-3H;1-2H3. The summed E-state index contributed by atoms with van der Waals surface area (Å²) < 4.78 is 4.65. The van der Waals surface area contributed by atoms with E-state index in [0.29, 0.717) is 5.56 Å². The second kappa shape index (κ2) is 10.1. The maximum Gasteiger partial charge on any atom is 0.337 e. The lowest BCUT2D eigenvalue weighted by atomic mass is 9.88. The highest BCUT2D eigenvalue weighted by Crippen LogP contribution is 2.30. The van der Waals surface area contributed by atoms with Crippen molar-refractivity contribution in [3.63, 3.8) is 0 Å². The summed E-state index contributed by atoms with van der Waals surface area (Å²) in [6.07, 6.45) is 4.10. The minimum absolute atomic E-state index is 0.321.